The quantitative estimate of drug-likeness (QED) is 0.358. The van der Waals surface area contributed by atoms with Crippen molar-refractivity contribution in [2.75, 3.05) is 6.61 Å². The van der Waals surface area contributed by atoms with Crippen molar-refractivity contribution < 1.29 is 14.3 Å². The number of unbranched alkanes of at least 4 members (excludes halogenated alkanes) is 1. The van der Waals surface area contributed by atoms with Crippen molar-refractivity contribution in [1.29, 1.82) is 0 Å². The van der Waals surface area contributed by atoms with Crippen molar-refractivity contribution in [3.63, 3.8) is 0 Å². The topological polar surface area (TPSA) is 43.4 Å². The molecule has 0 saturated heterocycles. The fourth-order valence-corrected chi connectivity index (χ4v) is 6.06. The Hall–Kier alpha value is -1.38. The zero-order valence-corrected chi connectivity index (χ0v) is 18.8. The van der Waals surface area contributed by atoms with Gasteiger partial charge in [-0.3, -0.25) is 9.59 Å². The minimum absolute atomic E-state index is 0.0449. The Morgan fingerprint density at radius 3 is 2.79 bits per heavy atom. The van der Waals surface area contributed by atoms with Crippen LogP contribution in [0.15, 0.2) is 23.3 Å². The molecule has 3 heteroatoms. The lowest BCUT2D eigenvalue weighted by Crippen LogP contribution is -2.39. The van der Waals surface area contributed by atoms with Gasteiger partial charge in [0.15, 0.2) is 5.78 Å². The third-order valence-electron chi connectivity index (χ3n) is 7.65. The van der Waals surface area contributed by atoms with Crippen LogP contribution in [0.1, 0.15) is 97.8 Å². The van der Waals surface area contributed by atoms with E-state index in [1.807, 2.05) is 13.0 Å². The van der Waals surface area contributed by atoms with Gasteiger partial charge in [-0.05, 0) is 69.3 Å². The Balaban J connectivity index is 1.84. The van der Waals surface area contributed by atoms with Crippen LogP contribution in [0, 0.1) is 23.2 Å². The lowest BCUT2D eigenvalue weighted by Gasteiger charge is -2.45. The van der Waals surface area contributed by atoms with Gasteiger partial charge in [-0.25, -0.2) is 0 Å². The van der Waals surface area contributed by atoms with Gasteiger partial charge in [0.2, 0.25) is 0 Å². The molecule has 0 radical (unpaired) electrons. The van der Waals surface area contributed by atoms with Gasteiger partial charge in [-0.2, -0.15) is 0 Å². The molecule has 3 rings (SSSR count). The molecule has 3 nitrogen and oxygen atoms in total. The van der Waals surface area contributed by atoms with Crippen LogP contribution >= 0.6 is 0 Å². The zero-order valence-electron chi connectivity index (χ0n) is 18.8. The monoisotopic (exact) mass is 400 g/mol. The molecule has 0 N–H and O–H groups in total. The van der Waals surface area contributed by atoms with Crippen molar-refractivity contribution in [2.45, 2.75) is 97.8 Å². The summed E-state index contributed by atoms with van der Waals surface area (Å²) in [4.78, 5) is 24.2. The number of carbonyl (C=O) groups excluding carboxylic acids is 2. The molecule has 0 aromatic rings. The number of hydrogen-bond donors (Lipinski definition) is 0. The van der Waals surface area contributed by atoms with Crippen molar-refractivity contribution in [1.82, 2.24) is 0 Å². The number of ketones is 1. The molecule has 162 valence electrons. The number of carbonyl (C=O) groups is 2. The molecule has 1 saturated carbocycles. The molecular formula is C26H40O3. The van der Waals surface area contributed by atoms with Crippen molar-refractivity contribution in [3.05, 3.63) is 23.3 Å². The lowest BCUT2D eigenvalue weighted by molar-refractivity contribution is -0.149. The standard InChI is InChI=1S/C26H40O3/c1-4-6-13-24-23-15-14-19-17-20(27)10-7-11-21(19)22(23)12-8-16-26(24,3)18-29-25(28)9-5-2/h12,17,21,23-24H,4-11,13-16,18H2,1-3H3. The van der Waals surface area contributed by atoms with Gasteiger partial charge >= 0.3 is 5.97 Å². The molecule has 4 atom stereocenters. The molecular weight excluding hydrogens is 360 g/mol. The van der Waals surface area contributed by atoms with E-state index in [1.54, 1.807) is 5.57 Å². The van der Waals surface area contributed by atoms with Crippen molar-refractivity contribution in [3.8, 4) is 0 Å². The fraction of sp³-hybridized carbons (Fsp3) is 0.769. The van der Waals surface area contributed by atoms with Gasteiger partial charge in [0.05, 0.1) is 6.61 Å². The summed E-state index contributed by atoms with van der Waals surface area (Å²) in [5.74, 6) is 1.90. The molecule has 3 aliphatic carbocycles. The average molecular weight is 401 g/mol. The first-order valence-corrected chi connectivity index (χ1v) is 12.1. The Labute approximate surface area is 177 Å². The highest BCUT2D eigenvalue weighted by atomic mass is 16.5. The number of hydrogen-bond acceptors (Lipinski definition) is 3. The number of fused-ring (bicyclic) bond motifs is 3. The van der Waals surface area contributed by atoms with E-state index in [2.05, 4.69) is 19.9 Å². The predicted molar refractivity (Wildman–Crippen MR) is 117 cm³/mol. The van der Waals surface area contributed by atoms with E-state index in [9.17, 15) is 9.59 Å². The third kappa shape index (κ3) is 5.22. The van der Waals surface area contributed by atoms with Crippen LogP contribution in [-0.2, 0) is 14.3 Å². The minimum atomic E-state index is -0.0449. The Morgan fingerprint density at radius 1 is 1.21 bits per heavy atom. The highest BCUT2D eigenvalue weighted by Gasteiger charge is 2.45. The van der Waals surface area contributed by atoms with E-state index >= 15 is 0 Å². The van der Waals surface area contributed by atoms with Crippen LogP contribution < -0.4 is 0 Å². The molecule has 0 aromatic carbocycles. The summed E-state index contributed by atoms with van der Waals surface area (Å²) in [7, 11) is 0. The normalized spacial score (nSPS) is 32.2. The zero-order chi connectivity index (χ0) is 20.9. The second kappa shape index (κ2) is 10.1. The van der Waals surface area contributed by atoms with Gasteiger partial charge in [-0.1, -0.05) is 50.8 Å². The first-order valence-electron chi connectivity index (χ1n) is 12.1. The highest BCUT2D eigenvalue weighted by Crippen LogP contribution is 2.53. The Bertz CT molecular complexity index is 659. The molecule has 0 bridgehead atoms. The molecule has 29 heavy (non-hydrogen) atoms. The molecule has 4 unspecified atom stereocenters. The van der Waals surface area contributed by atoms with Crippen LogP contribution in [0.25, 0.3) is 0 Å². The largest absolute Gasteiger partial charge is 0.465 e. The predicted octanol–water partition coefficient (Wildman–Crippen LogP) is 6.57. The third-order valence-corrected chi connectivity index (χ3v) is 7.65. The molecule has 0 aliphatic heterocycles. The van der Waals surface area contributed by atoms with E-state index in [1.165, 1.54) is 24.8 Å². The second-order valence-corrected chi connectivity index (χ2v) is 9.83. The first kappa shape index (κ1) is 22.3. The van der Waals surface area contributed by atoms with Gasteiger partial charge in [0.1, 0.15) is 0 Å². The van der Waals surface area contributed by atoms with Crippen LogP contribution in [0.2, 0.25) is 0 Å². The Morgan fingerprint density at radius 2 is 2.03 bits per heavy atom. The smallest absolute Gasteiger partial charge is 0.305 e. The summed E-state index contributed by atoms with van der Waals surface area (Å²) < 4.78 is 5.79. The number of allylic oxidation sites excluding steroid dienone is 4. The summed E-state index contributed by atoms with van der Waals surface area (Å²) in [6.45, 7) is 7.22. The summed E-state index contributed by atoms with van der Waals surface area (Å²) >= 11 is 0. The van der Waals surface area contributed by atoms with Crippen LogP contribution in [0.4, 0.5) is 0 Å². The van der Waals surface area contributed by atoms with Gasteiger partial charge in [0.25, 0.3) is 0 Å². The maximum absolute atomic E-state index is 12.1. The molecule has 0 spiro atoms. The van der Waals surface area contributed by atoms with Gasteiger partial charge < -0.3 is 4.74 Å². The summed E-state index contributed by atoms with van der Waals surface area (Å²) in [6, 6.07) is 0. The highest BCUT2D eigenvalue weighted by molar-refractivity contribution is 5.90. The van der Waals surface area contributed by atoms with Crippen LogP contribution in [-0.4, -0.2) is 18.4 Å². The van der Waals surface area contributed by atoms with Gasteiger partial charge in [-0.15, -0.1) is 0 Å². The molecule has 1 fully saturated rings. The summed E-state index contributed by atoms with van der Waals surface area (Å²) in [5.41, 5.74) is 3.05. The summed E-state index contributed by atoms with van der Waals surface area (Å²) in [5, 5.41) is 0. The van der Waals surface area contributed by atoms with Crippen LogP contribution in [0.3, 0.4) is 0 Å². The van der Waals surface area contributed by atoms with E-state index in [0.717, 1.165) is 44.9 Å². The molecule has 0 aromatic heterocycles. The minimum Gasteiger partial charge on any atom is -0.465 e. The first-order chi connectivity index (χ1) is 14.0. The molecule has 0 heterocycles. The van der Waals surface area contributed by atoms with Crippen molar-refractivity contribution >= 4 is 11.8 Å². The van der Waals surface area contributed by atoms with Crippen molar-refractivity contribution in [2.24, 2.45) is 23.2 Å². The van der Waals surface area contributed by atoms with E-state index < -0.39 is 0 Å². The van der Waals surface area contributed by atoms with E-state index in [0.29, 0.717) is 43.0 Å². The lowest BCUT2D eigenvalue weighted by atomic mass is 9.60. The van der Waals surface area contributed by atoms with Gasteiger partial charge in [0, 0.05) is 24.2 Å². The number of rotatable bonds is 7. The second-order valence-electron chi connectivity index (χ2n) is 9.83. The maximum Gasteiger partial charge on any atom is 0.305 e. The van der Waals surface area contributed by atoms with Crippen LogP contribution in [0.5, 0.6) is 0 Å². The average Bonchev–Trinajstić information content (AvgIpc) is 2.96. The van der Waals surface area contributed by atoms with E-state index in [-0.39, 0.29) is 11.4 Å². The number of ether oxygens (including phenoxy) is 1. The SMILES string of the molecule is CCCCC1C2CCC3=CC(=O)CCCC3C2=CCCC1(C)COC(=O)CCC. The fourth-order valence-electron chi connectivity index (χ4n) is 6.06. The Kier molecular flexibility index (Phi) is 7.76. The molecule has 3 aliphatic rings. The summed E-state index contributed by atoms with van der Waals surface area (Å²) in [6.07, 6.45) is 16.7. The molecule has 0 amide bonds. The number of esters is 1. The maximum atomic E-state index is 12.1. The van der Waals surface area contributed by atoms with E-state index in [4.69, 9.17) is 4.74 Å².